The van der Waals surface area contributed by atoms with Gasteiger partial charge in [-0.1, -0.05) is 19.1 Å². The fraction of sp³-hybridized carbons (Fsp3) is 0.400. The van der Waals surface area contributed by atoms with Crippen LogP contribution in [0.25, 0.3) is 6.08 Å². The monoisotopic (exact) mass is 306 g/mol. The Morgan fingerprint density at radius 2 is 2.14 bits per heavy atom. The van der Waals surface area contributed by atoms with Gasteiger partial charge in [0.25, 0.3) is 5.69 Å². The summed E-state index contributed by atoms with van der Waals surface area (Å²) < 4.78 is 10.5. The molecule has 0 bridgehead atoms. The molecule has 0 saturated heterocycles. The van der Waals surface area contributed by atoms with Crippen molar-refractivity contribution >= 4 is 23.4 Å². The SMILES string of the molecule is CCCC(=O)N1CC=Cc2c(OC)c(OC)cc([N+](=O)[O-])c21. The number of hydrogen-bond acceptors (Lipinski definition) is 5. The Labute approximate surface area is 128 Å². The largest absolute Gasteiger partial charge is 0.493 e. The van der Waals surface area contributed by atoms with Crippen LogP contribution in [-0.4, -0.2) is 31.6 Å². The minimum Gasteiger partial charge on any atom is -0.493 e. The number of methoxy groups -OCH3 is 2. The zero-order valence-electron chi connectivity index (χ0n) is 12.8. The number of amides is 1. The number of fused-ring (bicyclic) bond motifs is 1. The summed E-state index contributed by atoms with van der Waals surface area (Å²) in [6.07, 6.45) is 4.51. The van der Waals surface area contributed by atoms with E-state index in [0.717, 1.165) is 0 Å². The predicted molar refractivity (Wildman–Crippen MR) is 82.5 cm³/mol. The molecule has 0 unspecified atom stereocenters. The molecule has 0 spiro atoms. The van der Waals surface area contributed by atoms with E-state index in [9.17, 15) is 14.9 Å². The third-order valence-corrected chi connectivity index (χ3v) is 3.46. The van der Waals surface area contributed by atoms with E-state index < -0.39 is 4.92 Å². The second-order valence-corrected chi connectivity index (χ2v) is 4.81. The topological polar surface area (TPSA) is 81.9 Å². The lowest BCUT2D eigenvalue weighted by atomic mass is 10.0. The van der Waals surface area contributed by atoms with Gasteiger partial charge in [0.2, 0.25) is 5.91 Å². The van der Waals surface area contributed by atoms with Gasteiger partial charge in [-0.25, -0.2) is 0 Å². The molecular formula is C15H18N2O5. The Bertz CT molecular complexity index is 639. The maximum absolute atomic E-state index is 12.3. The van der Waals surface area contributed by atoms with Gasteiger partial charge >= 0.3 is 0 Å². The molecule has 1 heterocycles. The highest BCUT2D eigenvalue weighted by Crippen LogP contribution is 2.46. The minimum atomic E-state index is -0.508. The molecule has 1 aromatic carbocycles. The van der Waals surface area contributed by atoms with Gasteiger partial charge in [0.1, 0.15) is 5.69 Å². The zero-order chi connectivity index (χ0) is 16.3. The van der Waals surface area contributed by atoms with Crippen molar-refractivity contribution in [3.63, 3.8) is 0 Å². The van der Waals surface area contributed by atoms with Crippen LogP contribution in [0.4, 0.5) is 11.4 Å². The Hall–Kier alpha value is -2.57. The molecule has 0 atom stereocenters. The third-order valence-electron chi connectivity index (χ3n) is 3.46. The van der Waals surface area contributed by atoms with Gasteiger partial charge < -0.3 is 14.4 Å². The quantitative estimate of drug-likeness (QED) is 0.617. The van der Waals surface area contributed by atoms with Crippen molar-refractivity contribution < 1.29 is 19.2 Å². The highest BCUT2D eigenvalue weighted by molar-refractivity contribution is 6.01. The van der Waals surface area contributed by atoms with Crippen LogP contribution in [0.15, 0.2) is 12.1 Å². The number of anilines is 1. The normalized spacial score (nSPS) is 12.8. The molecule has 0 N–H and O–H groups in total. The second kappa shape index (κ2) is 6.46. The Kier molecular flexibility index (Phi) is 4.65. The van der Waals surface area contributed by atoms with Crippen molar-refractivity contribution in [2.45, 2.75) is 19.8 Å². The molecule has 0 fully saturated rings. The summed E-state index contributed by atoms with van der Waals surface area (Å²) in [7, 11) is 2.88. The Balaban J connectivity index is 2.70. The van der Waals surface area contributed by atoms with Gasteiger partial charge in [-0.05, 0) is 6.42 Å². The van der Waals surface area contributed by atoms with Crippen molar-refractivity contribution in [3.05, 3.63) is 27.8 Å². The van der Waals surface area contributed by atoms with Gasteiger partial charge in [0.15, 0.2) is 11.5 Å². The van der Waals surface area contributed by atoms with E-state index in [1.807, 2.05) is 6.92 Å². The Morgan fingerprint density at radius 3 is 2.68 bits per heavy atom. The van der Waals surface area contributed by atoms with Gasteiger partial charge in [-0.15, -0.1) is 0 Å². The third kappa shape index (κ3) is 2.61. The van der Waals surface area contributed by atoms with E-state index in [-0.39, 0.29) is 23.0 Å². The number of hydrogen-bond donors (Lipinski definition) is 0. The van der Waals surface area contributed by atoms with Crippen molar-refractivity contribution in [2.24, 2.45) is 0 Å². The van der Waals surface area contributed by atoms with Crippen LogP contribution in [0.2, 0.25) is 0 Å². The molecule has 118 valence electrons. The lowest BCUT2D eigenvalue weighted by Crippen LogP contribution is -2.33. The maximum atomic E-state index is 12.3. The average Bonchev–Trinajstić information content (AvgIpc) is 2.52. The molecule has 2 rings (SSSR count). The smallest absolute Gasteiger partial charge is 0.297 e. The number of nitro groups is 1. The first kappa shape index (κ1) is 15.8. The number of rotatable bonds is 5. The molecule has 1 aliphatic rings. The summed E-state index contributed by atoms with van der Waals surface area (Å²) in [6, 6.07) is 1.29. The van der Waals surface area contributed by atoms with Crippen LogP contribution < -0.4 is 14.4 Å². The molecule has 0 aliphatic carbocycles. The number of carbonyl (C=O) groups excluding carboxylic acids is 1. The minimum absolute atomic E-state index is 0.150. The number of ether oxygens (including phenoxy) is 2. The molecule has 0 aromatic heterocycles. The van der Waals surface area contributed by atoms with Gasteiger partial charge in [0.05, 0.1) is 30.8 Å². The highest BCUT2D eigenvalue weighted by Gasteiger charge is 2.32. The lowest BCUT2D eigenvalue weighted by molar-refractivity contribution is -0.384. The first-order valence-electron chi connectivity index (χ1n) is 6.95. The van der Waals surface area contributed by atoms with Crippen LogP contribution in [0.1, 0.15) is 25.3 Å². The van der Waals surface area contributed by atoms with Crippen LogP contribution in [-0.2, 0) is 4.79 Å². The molecule has 1 aromatic rings. The van der Waals surface area contributed by atoms with Gasteiger partial charge in [0, 0.05) is 13.0 Å². The summed E-state index contributed by atoms with van der Waals surface area (Å²) in [5, 5.41) is 11.4. The summed E-state index contributed by atoms with van der Waals surface area (Å²) in [4.78, 5) is 24.6. The Morgan fingerprint density at radius 1 is 1.41 bits per heavy atom. The number of nitrogens with zero attached hydrogens (tertiary/aromatic N) is 2. The van der Waals surface area contributed by atoms with Crippen LogP contribution in [0, 0.1) is 10.1 Å². The van der Waals surface area contributed by atoms with E-state index in [4.69, 9.17) is 9.47 Å². The molecule has 1 aliphatic heterocycles. The molecular weight excluding hydrogens is 288 g/mol. The van der Waals surface area contributed by atoms with E-state index in [1.165, 1.54) is 25.2 Å². The molecule has 0 radical (unpaired) electrons. The molecule has 7 nitrogen and oxygen atoms in total. The summed E-state index contributed by atoms with van der Waals surface area (Å²) in [5.74, 6) is 0.499. The maximum Gasteiger partial charge on any atom is 0.297 e. The van der Waals surface area contributed by atoms with Crippen LogP contribution in [0.3, 0.4) is 0 Å². The summed E-state index contributed by atoms with van der Waals surface area (Å²) >= 11 is 0. The predicted octanol–water partition coefficient (Wildman–Crippen LogP) is 2.77. The van der Waals surface area contributed by atoms with Crippen LogP contribution >= 0.6 is 0 Å². The first-order valence-corrected chi connectivity index (χ1v) is 6.95. The van der Waals surface area contributed by atoms with E-state index in [1.54, 1.807) is 12.2 Å². The van der Waals surface area contributed by atoms with E-state index >= 15 is 0 Å². The standard InChI is InChI=1S/C15H18N2O5/c1-4-6-13(18)16-8-5-7-10-14(16)11(17(19)20)9-12(21-2)15(10)22-3/h5,7,9H,4,6,8H2,1-3H3. The second-order valence-electron chi connectivity index (χ2n) is 4.81. The van der Waals surface area contributed by atoms with Gasteiger partial charge in [-0.2, -0.15) is 0 Å². The molecule has 0 saturated carbocycles. The number of benzene rings is 1. The fourth-order valence-electron chi connectivity index (χ4n) is 2.52. The van der Waals surface area contributed by atoms with Gasteiger partial charge in [-0.3, -0.25) is 14.9 Å². The van der Waals surface area contributed by atoms with Crippen molar-refractivity contribution in [1.29, 1.82) is 0 Å². The van der Waals surface area contributed by atoms with Crippen LogP contribution in [0.5, 0.6) is 11.5 Å². The van der Waals surface area contributed by atoms with E-state index in [0.29, 0.717) is 30.7 Å². The fourth-order valence-corrected chi connectivity index (χ4v) is 2.52. The molecule has 22 heavy (non-hydrogen) atoms. The zero-order valence-corrected chi connectivity index (χ0v) is 12.8. The van der Waals surface area contributed by atoms with Crippen molar-refractivity contribution in [3.8, 4) is 11.5 Å². The summed E-state index contributed by atoms with van der Waals surface area (Å²) in [5.41, 5.74) is 0.592. The number of nitro benzene ring substituents is 1. The number of carbonyl (C=O) groups is 1. The van der Waals surface area contributed by atoms with Crippen molar-refractivity contribution in [2.75, 3.05) is 25.7 Å². The molecule has 1 amide bonds. The lowest BCUT2D eigenvalue weighted by Gasteiger charge is -2.27. The van der Waals surface area contributed by atoms with Crippen molar-refractivity contribution in [1.82, 2.24) is 0 Å². The first-order chi connectivity index (χ1) is 10.5. The summed E-state index contributed by atoms with van der Waals surface area (Å²) in [6.45, 7) is 2.20. The van der Waals surface area contributed by atoms with E-state index in [2.05, 4.69) is 0 Å². The molecule has 7 heteroatoms. The highest BCUT2D eigenvalue weighted by atomic mass is 16.6. The average molecular weight is 306 g/mol.